The summed E-state index contributed by atoms with van der Waals surface area (Å²) in [6.07, 6.45) is 0. The number of aliphatic hydroxyl groups is 1. The molecule has 0 aromatic heterocycles. The molecule has 3 aromatic carbocycles. The molecule has 172 valence electrons. The van der Waals surface area contributed by atoms with Gasteiger partial charge in [0.05, 0.1) is 30.1 Å². The van der Waals surface area contributed by atoms with Crippen molar-refractivity contribution in [3.63, 3.8) is 0 Å². The van der Waals surface area contributed by atoms with E-state index in [9.17, 15) is 18.3 Å². The largest absolute Gasteiger partial charge is 0.394 e. The molecule has 3 aromatic rings. The molecule has 2 fully saturated rings. The van der Waals surface area contributed by atoms with Gasteiger partial charge in [0.1, 0.15) is 0 Å². The zero-order valence-electron chi connectivity index (χ0n) is 18.4. The monoisotopic (exact) mass is 472 g/mol. The number of carbonyl (C=O) groups excluding carboxylic acids is 1. The highest BCUT2D eigenvalue weighted by molar-refractivity contribution is 7.89. The molecule has 2 aliphatic rings. The van der Waals surface area contributed by atoms with Crippen LogP contribution in [0.1, 0.15) is 22.6 Å². The molecular weight excluding hydrogens is 448 g/mol. The van der Waals surface area contributed by atoms with E-state index in [4.69, 9.17) is 0 Å². The summed E-state index contributed by atoms with van der Waals surface area (Å²) in [6, 6.07) is 25.0. The van der Waals surface area contributed by atoms with E-state index in [1.54, 1.807) is 23.1 Å². The Morgan fingerprint density at radius 2 is 1.44 bits per heavy atom. The molecule has 6 nitrogen and oxygen atoms in total. The van der Waals surface area contributed by atoms with Gasteiger partial charge in [0.25, 0.3) is 0 Å². The summed E-state index contributed by atoms with van der Waals surface area (Å²) < 4.78 is 27.5. The molecule has 2 aliphatic heterocycles. The molecule has 0 bridgehead atoms. The number of aliphatic hydroxyl groups excluding tert-OH is 1. The second-order valence-electron chi connectivity index (χ2n) is 8.49. The highest BCUT2D eigenvalue weighted by atomic mass is 32.2. The van der Waals surface area contributed by atoms with Gasteiger partial charge in [-0.15, -0.1) is 0 Å². The normalized spacial score (nSPS) is 22.3. The first kappa shape index (κ1) is 22.4. The summed E-state index contributed by atoms with van der Waals surface area (Å²) >= 11 is 0. The maximum absolute atomic E-state index is 13.1. The lowest BCUT2D eigenvalue weighted by molar-refractivity contribution is -0.158. The van der Waals surface area contributed by atoms with Gasteiger partial charge < -0.3 is 10.0 Å². The van der Waals surface area contributed by atoms with Gasteiger partial charge in [-0.3, -0.25) is 4.79 Å². The van der Waals surface area contributed by atoms with Gasteiger partial charge in [-0.1, -0.05) is 60.4 Å². The lowest BCUT2D eigenvalue weighted by atomic mass is 9.74. The van der Waals surface area contributed by atoms with Crippen molar-refractivity contribution in [1.82, 2.24) is 9.21 Å². The predicted molar refractivity (Wildman–Crippen MR) is 128 cm³/mol. The fourth-order valence-electron chi connectivity index (χ4n) is 4.85. The maximum atomic E-state index is 13.1. The molecule has 0 saturated carbocycles. The van der Waals surface area contributed by atoms with Crippen molar-refractivity contribution < 1.29 is 18.3 Å². The maximum Gasteiger partial charge on any atom is 0.243 e. The van der Waals surface area contributed by atoms with Crippen molar-refractivity contribution in [2.75, 3.05) is 19.7 Å². The van der Waals surface area contributed by atoms with Crippen molar-refractivity contribution in [3.8, 4) is 11.8 Å². The Hall–Kier alpha value is -3.44. The van der Waals surface area contributed by atoms with Crippen molar-refractivity contribution in [3.05, 3.63) is 102 Å². The minimum Gasteiger partial charge on any atom is -0.394 e. The highest BCUT2D eigenvalue weighted by Crippen LogP contribution is 2.43. The van der Waals surface area contributed by atoms with Gasteiger partial charge in [0, 0.05) is 23.6 Å². The first-order valence-corrected chi connectivity index (χ1v) is 12.6. The van der Waals surface area contributed by atoms with E-state index in [2.05, 4.69) is 11.8 Å². The smallest absolute Gasteiger partial charge is 0.243 e. The summed E-state index contributed by atoms with van der Waals surface area (Å²) in [4.78, 5) is 14.7. The van der Waals surface area contributed by atoms with Crippen LogP contribution in [0.25, 0.3) is 0 Å². The third-order valence-electron chi connectivity index (χ3n) is 6.52. The minimum atomic E-state index is -3.78. The minimum absolute atomic E-state index is 0.154. The molecule has 3 atom stereocenters. The number of hydrogen-bond donors (Lipinski definition) is 1. The summed E-state index contributed by atoms with van der Waals surface area (Å²) in [5.41, 5.74) is 2.75. The first-order chi connectivity index (χ1) is 16.5. The van der Waals surface area contributed by atoms with Gasteiger partial charge in [-0.05, 0) is 42.0 Å². The average Bonchev–Trinajstić information content (AvgIpc) is 2.86. The number of piperazine rings is 1. The third kappa shape index (κ3) is 4.01. The summed E-state index contributed by atoms with van der Waals surface area (Å²) in [6.45, 7) is -0.196. The number of fused-ring (bicyclic) bond motifs is 1. The second kappa shape index (κ2) is 9.07. The van der Waals surface area contributed by atoms with E-state index in [0.717, 1.165) is 16.7 Å². The molecule has 0 radical (unpaired) electrons. The van der Waals surface area contributed by atoms with Gasteiger partial charge in [0.15, 0.2) is 0 Å². The van der Waals surface area contributed by atoms with E-state index in [0.29, 0.717) is 0 Å². The molecule has 5 rings (SSSR count). The van der Waals surface area contributed by atoms with Crippen LogP contribution in [0.4, 0.5) is 0 Å². The van der Waals surface area contributed by atoms with Crippen LogP contribution in [0.3, 0.4) is 0 Å². The SMILES string of the molecule is O=C1CN(S(=O)(=O)c2ccccc2)C[C@H]2[C@@H](c3ccc(C#Cc4ccccc4)cc3)[C@H](CO)N12. The van der Waals surface area contributed by atoms with E-state index in [1.807, 2.05) is 54.6 Å². The molecule has 0 aliphatic carbocycles. The Labute approximate surface area is 199 Å². The molecular formula is C27H24N2O4S. The highest BCUT2D eigenvalue weighted by Gasteiger charge is 2.55. The van der Waals surface area contributed by atoms with Crippen LogP contribution in [0.2, 0.25) is 0 Å². The molecule has 0 spiro atoms. The Kier molecular flexibility index (Phi) is 5.96. The van der Waals surface area contributed by atoms with Crippen molar-refractivity contribution in [2.24, 2.45) is 0 Å². The van der Waals surface area contributed by atoms with Crippen molar-refractivity contribution in [1.29, 1.82) is 0 Å². The summed E-state index contributed by atoms with van der Waals surface area (Å²) in [5.74, 6) is 5.84. The van der Waals surface area contributed by atoms with Gasteiger partial charge in [-0.2, -0.15) is 4.31 Å². The lowest BCUT2D eigenvalue weighted by Crippen LogP contribution is -2.73. The number of amides is 1. The van der Waals surface area contributed by atoms with E-state index in [1.165, 1.54) is 16.4 Å². The van der Waals surface area contributed by atoms with Crippen LogP contribution in [0.15, 0.2) is 89.8 Å². The zero-order valence-corrected chi connectivity index (χ0v) is 19.2. The van der Waals surface area contributed by atoms with Crippen LogP contribution in [-0.2, 0) is 14.8 Å². The number of benzene rings is 3. The van der Waals surface area contributed by atoms with Crippen LogP contribution in [0, 0.1) is 11.8 Å². The Bertz CT molecular complexity index is 1350. The average molecular weight is 473 g/mol. The van der Waals surface area contributed by atoms with Crippen LogP contribution in [0.5, 0.6) is 0 Å². The topological polar surface area (TPSA) is 77.9 Å². The zero-order chi connectivity index (χ0) is 23.7. The van der Waals surface area contributed by atoms with Crippen molar-refractivity contribution >= 4 is 15.9 Å². The van der Waals surface area contributed by atoms with Crippen LogP contribution >= 0.6 is 0 Å². The van der Waals surface area contributed by atoms with E-state index < -0.39 is 10.0 Å². The summed E-state index contributed by atoms with van der Waals surface area (Å²) in [7, 11) is -3.78. The van der Waals surface area contributed by atoms with Gasteiger partial charge >= 0.3 is 0 Å². The van der Waals surface area contributed by atoms with E-state index in [-0.39, 0.29) is 48.5 Å². The fraction of sp³-hybridized carbons (Fsp3) is 0.222. The molecule has 1 amide bonds. The number of nitrogens with zero attached hydrogens (tertiary/aromatic N) is 2. The quantitative estimate of drug-likeness (QED) is 0.592. The first-order valence-electron chi connectivity index (χ1n) is 11.1. The summed E-state index contributed by atoms with van der Waals surface area (Å²) in [5, 5.41) is 10.00. The fourth-order valence-corrected chi connectivity index (χ4v) is 6.28. The Morgan fingerprint density at radius 3 is 2.06 bits per heavy atom. The number of carbonyl (C=O) groups is 1. The third-order valence-corrected chi connectivity index (χ3v) is 8.35. The molecule has 1 N–H and O–H groups in total. The number of hydrogen-bond acceptors (Lipinski definition) is 4. The van der Waals surface area contributed by atoms with Crippen LogP contribution < -0.4 is 0 Å². The van der Waals surface area contributed by atoms with E-state index >= 15 is 0 Å². The van der Waals surface area contributed by atoms with Crippen molar-refractivity contribution in [2.45, 2.75) is 22.9 Å². The van der Waals surface area contributed by atoms with Crippen LogP contribution in [-0.4, -0.2) is 60.4 Å². The predicted octanol–water partition coefficient (Wildman–Crippen LogP) is 2.45. The lowest BCUT2D eigenvalue weighted by Gasteiger charge is -2.58. The molecule has 34 heavy (non-hydrogen) atoms. The van der Waals surface area contributed by atoms with Gasteiger partial charge in [-0.25, -0.2) is 8.42 Å². The van der Waals surface area contributed by atoms with Gasteiger partial charge in [0.2, 0.25) is 15.9 Å². The standard InChI is InChI=1S/C27H24N2O4S/c30-19-25-27(22-15-13-21(14-16-22)12-11-20-7-3-1-4-8-20)24-17-28(18-26(31)29(24)25)34(32,33)23-9-5-2-6-10-23/h1-10,13-16,24-25,27,30H,17-19H2/t24-,25-,27+/m0/s1. The Balaban J connectivity index is 1.38. The molecule has 2 saturated heterocycles. The Morgan fingerprint density at radius 1 is 0.853 bits per heavy atom. The molecule has 0 unspecified atom stereocenters. The molecule has 2 heterocycles. The number of rotatable bonds is 4. The second-order valence-corrected chi connectivity index (χ2v) is 10.4. The number of sulfonamides is 1. The molecule has 7 heteroatoms.